The zero-order valence-corrected chi connectivity index (χ0v) is 17.6. The van der Waals surface area contributed by atoms with E-state index in [1.807, 2.05) is 64.1 Å². The third-order valence-corrected chi connectivity index (χ3v) is 6.13. The van der Waals surface area contributed by atoms with Crippen LogP contribution in [0.4, 0.5) is 0 Å². The Hall–Kier alpha value is -2.90. The summed E-state index contributed by atoms with van der Waals surface area (Å²) in [6.45, 7) is 8.12. The SMILES string of the molecule is CC1(C)OB(c2ccc(C(c3ccc(C=O)[nH]3)c3ccc(C=O)[nH]3)cc2)OC1(C)C. The summed E-state index contributed by atoms with van der Waals surface area (Å²) in [4.78, 5) is 28.6. The van der Waals surface area contributed by atoms with Gasteiger partial charge in [0.1, 0.15) is 0 Å². The molecule has 0 aliphatic carbocycles. The summed E-state index contributed by atoms with van der Waals surface area (Å²) in [5, 5.41) is 0. The fourth-order valence-corrected chi connectivity index (χ4v) is 3.68. The molecule has 0 amide bonds. The number of nitrogens with one attached hydrogen (secondary N) is 2. The molecule has 6 nitrogen and oxygen atoms in total. The summed E-state index contributed by atoms with van der Waals surface area (Å²) >= 11 is 0. The maximum Gasteiger partial charge on any atom is 0.494 e. The van der Waals surface area contributed by atoms with Gasteiger partial charge in [-0.2, -0.15) is 0 Å². The Morgan fingerprint density at radius 2 is 1.23 bits per heavy atom. The Morgan fingerprint density at radius 3 is 1.63 bits per heavy atom. The van der Waals surface area contributed by atoms with Gasteiger partial charge in [-0.1, -0.05) is 24.3 Å². The fourth-order valence-electron chi connectivity index (χ4n) is 3.68. The van der Waals surface area contributed by atoms with Gasteiger partial charge in [-0.05, 0) is 63.0 Å². The van der Waals surface area contributed by atoms with Crippen molar-refractivity contribution >= 4 is 25.2 Å². The van der Waals surface area contributed by atoms with Crippen LogP contribution in [0.25, 0.3) is 0 Å². The molecule has 1 saturated heterocycles. The largest absolute Gasteiger partial charge is 0.494 e. The molecule has 7 heteroatoms. The summed E-state index contributed by atoms with van der Waals surface area (Å²) < 4.78 is 12.3. The first-order chi connectivity index (χ1) is 14.2. The lowest BCUT2D eigenvalue weighted by molar-refractivity contribution is 0.00578. The summed E-state index contributed by atoms with van der Waals surface area (Å²) in [5.41, 5.74) is 3.88. The van der Waals surface area contributed by atoms with Crippen molar-refractivity contribution in [3.63, 3.8) is 0 Å². The van der Waals surface area contributed by atoms with Gasteiger partial charge in [-0.25, -0.2) is 0 Å². The number of benzene rings is 1. The molecule has 1 fully saturated rings. The fraction of sp³-hybridized carbons (Fsp3) is 0.304. The van der Waals surface area contributed by atoms with Crippen LogP contribution in [0, 0.1) is 0 Å². The average molecular weight is 404 g/mol. The first-order valence-corrected chi connectivity index (χ1v) is 9.98. The highest BCUT2D eigenvalue weighted by Crippen LogP contribution is 2.37. The quantitative estimate of drug-likeness (QED) is 0.487. The molecule has 4 rings (SSSR count). The maximum atomic E-state index is 11.1. The first kappa shape index (κ1) is 20.4. The van der Waals surface area contributed by atoms with Crippen molar-refractivity contribution in [2.75, 3.05) is 0 Å². The van der Waals surface area contributed by atoms with Crippen LogP contribution in [0.5, 0.6) is 0 Å². The molecule has 1 aliphatic rings. The minimum Gasteiger partial charge on any atom is -0.399 e. The van der Waals surface area contributed by atoms with E-state index in [2.05, 4.69) is 9.97 Å². The maximum absolute atomic E-state index is 11.1. The molecule has 30 heavy (non-hydrogen) atoms. The van der Waals surface area contributed by atoms with Crippen LogP contribution in [0.15, 0.2) is 48.5 Å². The van der Waals surface area contributed by atoms with Gasteiger partial charge < -0.3 is 19.3 Å². The third-order valence-electron chi connectivity index (χ3n) is 6.13. The molecule has 0 bridgehead atoms. The predicted octanol–water partition coefficient (Wildman–Crippen LogP) is 3.45. The van der Waals surface area contributed by atoms with E-state index in [0.717, 1.165) is 35.0 Å². The summed E-state index contributed by atoms with van der Waals surface area (Å²) in [7, 11) is -0.429. The lowest BCUT2D eigenvalue weighted by Crippen LogP contribution is -2.41. The normalized spacial score (nSPS) is 17.4. The molecule has 0 radical (unpaired) electrons. The van der Waals surface area contributed by atoms with E-state index in [1.165, 1.54) is 0 Å². The molecule has 2 aromatic heterocycles. The number of carbonyl (C=O) groups excluding carboxylic acids is 2. The van der Waals surface area contributed by atoms with Crippen molar-refractivity contribution in [1.29, 1.82) is 0 Å². The zero-order valence-electron chi connectivity index (χ0n) is 17.6. The van der Waals surface area contributed by atoms with Gasteiger partial charge in [0.15, 0.2) is 12.6 Å². The topological polar surface area (TPSA) is 84.2 Å². The molecule has 2 N–H and O–H groups in total. The van der Waals surface area contributed by atoms with Crippen molar-refractivity contribution in [3.05, 3.63) is 76.9 Å². The van der Waals surface area contributed by atoms with Crippen LogP contribution >= 0.6 is 0 Å². The van der Waals surface area contributed by atoms with Gasteiger partial charge in [0.2, 0.25) is 0 Å². The third kappa shape index (κ3) is 3.55. The van der Waals surface area contributed by atoms with Gasteiger partial charge in [0.05, 0.1) is 28.5 Å². The number of carbonyl (C=O) groups is 2. The number of hydrogen-bond acceptors (Lipinski definition) is 4. The minimum absolute atomic E-state index is 0.181. The molecule has 3 heterocycles. The highest BCUT2D eigenvalue weighted by atomic mass is 16.7. The monoisotopic (exact) mass is 404 g/mol. The number of rotatable bonds is 6. The standard InChI is InChI=1S/C23H25BN2O4/c1-22(2)23(3,4)30-24(29-22)16-7-5-15(6-8-16)21(19-11-9-17(13-27)25-19)20-12-10-18(14-28)26-20/h5-14,21,25-26H,1-4H3. The van der Waals surface area contributed by atoms with Crippen molar-refractivity contribution in [2.45, 2.75) is 44.8 Å². The molecule has 0 saturated carbocycles. The van der Waals surface area contributed by atoms with Gasteiger partial charge in [0, 0.05) is 11.4 Å². The van der Waals surface area contributed by atoms with E-state index in [-0.39, 0.29) is 5.92 Å². The molecule has 1 aromatic carbocycles. The van der Waals surface area contributed by atoms with Gasteiger partial charge >= 0.3 is 7.12 Å². The van der Waals surface area contributed by atoms with Crippen LogP contribution in [0.2, 0.25) is 0 Å². The molecule has 0 spiro atoms. The predicted molar refractivity (Wildman–Crippen MR) is 115 cm³/mol. The second kappa shape index (κ2) is 7.41. The lowest BCUT2D eigenvalue weighted by Gasteiger charge is -2.32. The number of aromatic nitrogens is 2. The minimum atomic E-state index is -0.429. The Kier molecular flexibility index (Phi) is 5.04. The number of aromatic amines is 2. The second-order valence-corrected chi connectivity index (χ2v) is 8.66. The van der Waals surface area contributed by atoms with Gasteiger partial charge in [-0.3, -0.25) is 9.59 Å². The van der Waals surface area contributed by atoms with Crippen molar-refractivity contribution in [1.82, 2.24) is 9.97 Å². The summed E-state index contributed by atoms with van der Waals surface area (Å²) in [6, 6.07) is 15.3. The summed E-state index contributed by atoms with van der Waals surface area (Å²) in [5.74, 6) is -0.181. The second-order valence-electron chi connectivity index (χ2n) is 8.66. The van der Waals surface area contributed by atoms with E-state index in [1.54, 1.807) is 12.1 Å². The Bertz CT molecular complexity index is 1000. The number of hydrogen-bond donors (Lipinski definition) is 2. The average Bonchev–Trinajstić information content (AvgIpc) is 3.41. The van der Waals surface area contributed by atoms with E-state index >= 15 is 0 Å². The number of aldehydes is 2. The van der Waals surface area contributed by atoms with Crippen LogP contribution < -0.4 is 5.46 Å². The Morgan fingerprint density at radius 1 is 0.767 bits per heavy atom. The van der Waals surface area contributed by atoms with E-state index in [4.69, 9.17) is 9.31 Å². The molecular weight excluding hydrogens is 379 g/mol. The highest BCUT2D eigenvalue weighted by molar-refractivity contribution is 6.62. The summed E-state index contributed by atoms with van der Waals surface area (Å²) in [6.07, 6.45) is 1.57. The van der Waals surface area contributed by atoms with E-state index < -0.39 is 18.3 Å². The van der Waals surface area contributed by atoms with Gasteiger partial charge in [-0.15, -0.1) is 0 Å². The zero-order chi connectivity index (χ0) is 21.5. The van der Waals surface area contributed by atoms with Gasteiger partial charge in [0.25, 0.3) is 0 Å². The lowest BCUT2D eigenvalue weighted by atomic mass is 9.78. The van der Waals surface area contributed by atoms with Crippen molar-refractivity contribution < 1.29 is 18.9 Å². The van der Waals surface area contributed by atoms with Crippen LogP contribution in [0.1, 0.15) is 71.5 Å². The number of H-pyrrole nitrogens is 2. The van der Waals surface area contributed by atoms with Crippen LogP contribution in [-0.2, 0) is 9.31 Å². The van der Waals surface area contributed by atoms with Crippen LogP contribution in [0.3, 0.4) is 0 Å². The van der Waals surface area contributed by atoms with Crippen molar-refractivity contribution in [3.8, 4) is 0 Å². The molecule has 1 aliphatic heterocycles. The Labute approximate surface area is 176 Å². The first-order valence-electron chi connectivity index (χ1n) is 9.98. The van der Waals surface area contributed by atoms with Crippen LogP contribution in [-0.4, -0.2) is 40.9 Å². The molecular formula is C23H25BN2O4. The Balaban J connectivity index is 1.68. The van der Waals surface area contributed by atoms with E-state index in [0.29, 0.717) is 11.4 Å². The molecule has 3 aromatic rings. The molecule has 0 unspecified atom stereocenters. The van der Waals surface area contributed by atoms with Crippen molar-refractivity contribution in [2.24, 2.45) is 0 Å². The molecule has 154 valence electrons. The smallest absolute Gasteiger partial charge is 0.399 e. The van der Waals surface area contributed by atoms with E-state index in [9.17, 15) is 9.59 Å². The highest BCUT2D eigenvalue weighted by Gasteiger charge is 2.51. The molecule has 0 atom stereocenters.